The minimum Gasteiger partial charge on any atom is -0.466 e. The summed E-state index contributed by atoms with van der Waals surface area (Å²) in [5.41, 5.74) is 0. The topological polar surface area (TPSA) is 49.8 Å². The summed E-state index contributed by atoms with van der Waals surface area (Å²) < 4.78 is 4.40. The van der Waals surface area contributed by atoms with Crippen LogP contribution in [0, 0.1) is 0 Å². The molecule has 0 unspecified atom stereocenters. The van der Waals surface area contributed by atoms with Crippen LogP contribution in [0.25, 0.3) is 0 Å². The highest BCUT2D eigenvalue weighted by Gasteiger charge is 1.81. The van der Waals surface area contributed by atoms with E-state index in [-0.39, 0.29) is 12.6 Å². The quantitative estimate of drug-likeness (QED) is 0.622. The van der Waals surface area contributed by atoms with Crippen molar-refractivity contribution < 1.29 is 14.6 Å². The predicted molar refractivity (Wildman–Crippen MR) is 47.9 cm³/mol. The molecule has 12 heavy (non-hydrogen) atoms. The molecule has 0 aliphatic rings. The number of carbonyl (C=O) groups is 1. The first kappa shape index (κ1) is 13.9. The van der Waals surface area contributed by atoms with Gasteiger partial charge in [0.05, 0.1) is 13.2 Å². The van der Waals surface area contributed by atoms with Crippen molar-refractivity contribution in [3.63, 3.8) is 0 Å². The van der Waals surface area contributed by atoms with E-state index in [0.29, 0.717) is 6.61 Å². The summed E-state index contributed by atoms with van der Waals surface area (Å²) in [5, 5.41) is 8.20. The Hall–Kier alpha value is -0.610. The van der Waals surface area contributed by atoms with E-state index in [0.717, 1.165) is 6.54 Å². The van der Waals surface area contributed by atoms with Gasteiger partial charge in [0.25, 0.3) is 0 Å². The number of aliphatic hydroxyl groups excluding tert-OH is 1. The molecule has 0 aromatic heterocycles. The van der Waals surface area contributed by atoms with Crippen LogP contribution in [0.2, 0.25) is 0 Å². The number of likely N-dealkylation sites (N-methyl/N-ethyl adjacent to an activating group) is 1. The van der Waals surface area contributed by atoms with Gasteiger partial charge >= 0.3 is 5.97 Å². The SMILES string of the molecule is CCOC(C)=O.CN(C)CCO. The summed E-state index contributed by atoms with van der Waals surface area (Å²) in [7, 11) is 3.85. The summed E-state index contributed by atoms with van der Waals surface area (Å²) in [5.74, 6) is -0.211. The van der Waals surface area contributed by atoms with Gasteiger partial charge in [-0.15, -0.1) is 0 Å². The molecular weight excluding hydrogens is 158 g/mol. The van der Waals surface area contributed by atoms with Crippen molar-refractivity contribution >= 4 is 5.97 Å². The van der Waals surface area contributed by atoms with Crippen molar-refractivity contribution in [2.75, 3.05) is 33.9 Å². The zero-order valence-corrected chi connectivity index (χ0v) is 8.33. The Labute approximate surface area is 74.1 Å². The fraction of sp³-hybridized carbons (Fsp3) is 0.875. The second kappa shape index (κ2) is 10.4. The van der Waals surface area contributed by atoms with Gasteiger partial charge in [0.2, 0.25) is 0 Å². The highest BCUT2D eigenvalue weighted by Crippen LogP contribution is 1.69. The number of rotatable bonds is 3. The Balaban J connectivity index is 0. The fourth-order valence-electron chi connectivity index (χ4n) is 0.403. The molecule has 74 valence electrons. The number of carbonyl (C=O) groups excluding carboxylic acids is 1. The second-order valence-corrected chi connectivity index (χ2v) is 2.45. The zero-order chi connectivity index (χ0) is 9.98. The molecule has 0 aromatic rings. The van der Waals surface area contributed by atoms with Crippen molar-refractivity contribution in [2.24, 2.45) is 0 Å². The smallest absolute Gasteiger partial charge is 0.302 e. The number of hydrogen-bond donors (Lipinski definition) is 1. The van der Waals surface area contributed by atoms with Crippen molar-refractivity contribution in [3.05, 3.63) is 0 Å². The first-order valence-electron chi connectivity index (χ1n) is 3.93. The molecule has 0 atom stereocenters. The van der Waals surface area contributed by atoms with Gasteiger partial charge in [-0.05, 0) is 21.0 Å². The summed E-state index contributed by atoms with van der Waals surface area (Å²) in [6, 6.07) is 0. The van der Waals surface area contributed by atoms with E-state index in [2.05, 4.69) is 4.74 Å². The van der Waals surface area contributed by atoms with E-state index < -0.39 is 0 Å². The van der Waals surface area contributed by atoms with Crippen LogP contribution in [0.3, 0.4) is 0 Å². The summed E-state index contributed by atoms with van der Waals surface area (Å²) in [6.07, 6.45) is 0. The first-order chi connectivity index (χ1) is 5.54. The molecule has 0 radical (unpaired) electrons. The molecule has 0 saturated carbocycles. The van der Waals surface area contributed by atoms with Gasteiger partial charge in [-0.25, -0.2) is 0 Å². The van der Waals surface area contributed by atoms with E-state index >= 15 is 0 Å². The largest absolute Gasteiger partial charge is 0.466 e. The molecule has 0 aliphatic heterocycles. The number of nitrogens with zero attached hydrogens (tertiary/aromatic N) is 1. The van der Waals surface area contributed by atoms with Crippen LogP contribution >= 0.6 is 0 Å². The van der Waals surface area contributed by atoms with Gasteiger partial charge in [-0.1, -0.05) is 0 Å². The Morgan fingerprint density at radius 2 is 2.00 bits per heavy atom. The third kappa shape index (κ3) is 22.8. The Bertz CT molecular complexity index is 104. The Kier molecular flexibility index (Phi) is 12.1. The van der Waals surface area contributed by atoms with Crippen molar-refractivity contribution in [1.82, 2.24) is 4.90 Å². The summed E-state index contributed by atoms with van der Waals surface area (Å²) >= 11 is 0. The molecule has 4 nitrogen and oxygen atoms in total. The molecule has 1 N–H and O–H groups in total. The van der Waals surface area contributed by atoms with E-state index in [1.165, 1.54) is 6.92 Å². The molecule has 0 aromatic carbocycles. The van der Waals surface area contributed by atoms with Crippen molar-refractivity contribution in [1.29, 1.82) is 0 Å². The van der Waals surface area contributed by atoms with Gasteiger partial charge in [0, 0.05) is 13.5 Å². The van der Waals surface area contributed by atoms with Gasteiger partial charge in [-0.2, -0.15) is 0 Å². The fourth-order valence-corrected chi connectivity index (χ4v) is 0.403. The van der Waals surface area contributed by atoms with Crippen LogP contribution in [0.1, 0.15) is 13.8 Å². The lowest BCUT2D eigenvalue weighted by atomic mass is 10.6. The molecular formula is C8H19NO3. The van der Waals surface area contributed by atoms with Crippen LogP contribution in [-0.2, 0) is 9.53 Å². The predicted octanol–water partition coefficient (Wildman–Crippen LogP) is 0.110. The van der Waals surface area contributed by atoms with Gasteiger partial charge in [0.1, 0.15) is 0 Å². The van der Waals surface area contributed by atoms with Crippen LogP contribution < -0.4 is 0 Å². The third-order valence-electron chi connectivity index (χ3n) is 0.895. The maximum atomic E-state index is 9.82. The van der Waals surface area contributed by atoms with Crippen LogP contribution in [0.15, 0.2) is 0 Å². The van der Waals surface area contributed by atoms with Gasteiger partial charge < -0.3 is 14.7 Å². The molecule has 0 spiro atoms. The average molecular weight is 177 g/mol. The number of ether oxygens (including phenoxy) is 1. The molecule has 0 saturated heterocycles. The lowest BCUT2D eigenvalue weighted by molar-refractivity contribution is -0.140. The van der Waals surface area contributed by atoms with Gasteiger partial charge in [0.15, 0.2) is 0 Å². The van der Waals surface area contributed by atoms with Crippen molar-refractivity contribution in [2.45, 2.75) is 13.8 Å². The van der Waals surface area contributed by atoms with Crippen LogP contribution in [0.5, 0.6) is 0 Å². The minimum atomic E-state index is -0.211. The monoisotopic (exact) mass is 177 g/mol. The van der Waals surface area contributed by atoms with Gasteiger partial charge in [-0.3, -0.25) is 4.79 Å². The second-order valence-electron chi connectivity index (χ2n) is 2.45. The minimum absolute atomic E-state index is 0.211. The van der Waals surface area contributed by atoms with E-state index in [4.69, 9.17) is 5.11 Å². The van der Waals surface area contributed by atoms with E-state index in [1.54, 1.807) is 6.92 Å². The molecule has 0 amide bonds. The maximum Gasteiger partial charge on any atom is 0.302 e. The zero-order valence-electron chi connectivity index (χ0n) is 8.33. The first-order valence-corrected chi connectivity index (χ1v) is 3.93. The molecule has 0 aliphatic carbocycles. The Morgan fingerprint density at radius 3 is 2.00 bits per heavy atom. The highest BCUT2D eigenvalue weighted by molar-refractivity contribution is 5.65. The lowest BCUT2D eigenvalue weighted by Crippen LogP contribution is -2.15. The Morgan fingerprint density at radius 1 is 1.50 bits per heavy atom. The van der Waals surface area contributed by atoms with Crippen LogP contribution in [0.4, 0.5) is 0 Å². The maximum absolute atomic E-state index is 9.82. The standard InChI is InChI=1S/C4H11NO.C4H8O2/c1-5(2)3-4-6;1-3-6-4(2)5/h6H,3-4H2,1-2H3;3H2,1-2H3. The molecule has 4 heteroatoms. The average Bonchev–Trinajstić information content (AvgIpc) is 1.87. The molecule has 0 fully saturated rings. The molecule has 0 heterocycles. The number of hydrogen-bond acceptors (Lipinski definition) is 4. The van der Waals surface area contributed by atoms with Crippen molar-refractivity contribution in [3.8, 4) is 0 Å². The summed E-state index contributed by atoms with van der Waals surface area (Å²) in [4.78, 5) is 11.8. The molecule has 0 bridgehead atoms. The summed E-state index contributed by atoms with van der Waals surface area (Å²) in [6.45, 7) is 4.67. The third-order valence-corrected chi connectivity index (χ3v) is 0.895. The van der Waals surface area contributed by atoms with Crippen LogP contribution in [-0.4, -0.2) is 49.8 Å². The lowest BCUT2D eigenvalue weighted by Gasteiger charge is -2.03. The number of esters is 1. The molecule has 0 rings (SSSR count). The number of aliphatic hydroxyl groups is 1. The van der Waals surface area contributed by atoms with E-state index in [9.17, 15) is 4.79 Å². The normalized spacial score (nSPS) is 8.83. The van der Waals surface area contributed by atoms with E-state index in [1.807, 2.05) is 19.0 Å². The highest BCUT2D eigenvalue weighted by atomic mass is 16.5.